The highest BCUT2D eigenvalue weighted by Gasteiger charge is 2.07. The van der Waals surface area contributed by atoms with Gasteiger partial charge in [-0.1, -0.05) is 28.1 Å². The van der Waals surface area contributed by atoms with Crippen molar-refractivity contribution in [3.05, 3.63) is 62.7 Å². The van der Waals surface area contributed by atoms with Crippen LogP contribution < -0.4 is 9.54 Å². The average Bonchev–Trinajstić information content (AvgIpc) is 3.04. The van der Waals surface area contributed by atoms with Crippen LogP contribution >= 0.6 is 27.3 Å². The van der Waals surface area contributed by atoms with Crippen molar-refractivity contribution in [3.63, 3.8) is 0 Å². The van der Waals surface area contributed by atoms with Crippen molar-refractivity contribution in [2.75, 3.05) is 14.2 Å². The molecule has 1 heterocycles. The largest absolute Gasteiger partial charge is 0.504 e. The summed E-state index contributed by atoms with van der Waals surface area (Å²) >= 11 is 4.98. The Kier molecular flexibility index (Phi) is 5.35. The number of methoxy groups -OCH3 is 1. The fraction of sp³-hybridized carbons (Fsp3) is 0.111. The first kappa shape index (κ1) is 17.4. The second-order valence-electron chi connectivity index (χ2n) is 5.12. The van der Waals surface area contributed by atoms with Crippen LogP contribution in [0, 0.1) is 0 Å². The number of ether oxygens (including phenoxy) is 1. The lowest BCUT2D eigenvalue weighted by molar-refractivity contribution is 0.373. The van der Waals surface area contributed by atoms with Gasteiger partial charge in [0, 0.05) is 22.5 Å². The van der Waals surface area contributed by atoms with Crippen molar-refractivity contribution in [3.8, 4) is 22.8 Å². The summed E-state index contributed by atoms with van der Waals surface area (Å²) in [5.41, 5.74) is 2.83. The Morgan fingerprint density at radius 3 is 2.64 bits per heavy atom. The lowest BCUT2D eigenvalue weighted by atomic mass is 10.2. The topological polar surface area (TPSA) is 59.1 Å². The molecule has 0 radical (unpaired) electrons. The third-order valence-corrected chi connectivity index (χ3v) is 4.98. The summed E-state index contributed by atoms with van der Waals surface area (Å²) in [6.45, 7) is 0. The zero-order chi connectivity index (χ0) is 17.8. The molecule has 3 rings (SSSR count). The molecule has 2 aromatic carbocycles. The van der Waals surface area contributed by atoms with E-state index in [-0.39, 0.29) is 5.75 Å². The first-order valence-electron chi connectivity index (χ1n) is 7.43. The number of aromatic nitrogens is 1. The Bertz CT molecular complexity index is 975. The molecule has 0 saturated heterocycles. The fourth-order valence-electron chi connectivity index (χ4n) is 2.28. The van der Waals surface area contributed by atoms with Crippen LogP contribution in [0.4, 0.5) is 0 Å². The van der Waals surface area contributed by atoms with Crippen molar-refractivity contribution < 1.29 is 9.84 Å². The highest BCUT2D eigenvalue weighted by molar-refractivity contribution is 9.10. The number of rotatable bonds is 4. The molecule has 7 heteroatoms. The second-order valence-corrected chi connectivity index (χ2v) is 6.87. The third kappa shape index (κ3) is 3.83. The van der Waals surface area contributed by atoms with Gasteiger partial charge in [-0.15, -0.1) is 11.3 Å². The third-order valence-electron chi connectivity index (χ3n) is 3.54. The molecule has 0 amide bonds. The van der Waals surface area contributed by atoms with Crippen LogP contribution in [0.15, 0.2) is 62.4 Å². The fourth-order valence-corrected chi connectivity index (χ4v) is 3.35. The standard InChI is InChI=1S/C18H16BrN3O2S/c1-20-18-22(15(11-25-18)13-4-6-14(19)7-5-13)21-10-12-3-8-16(23)17(9-12)24-2/h3-11,23H,1-2H3. The van der Waals surface area contributed by atoms with Crippen LogP contribution in [-0.2, 0) is 0 Å². The summed E-state index contributed by atoms with van der Waals surface area (Å²) in [5, 5.41) is 16.3. The van der Waals surface area contributed by atoms with Gasteiger partial charge < -0.3 is 9.84 Å². The Balaban J connectivity index is 2.02. The molecule has 0 spiro atoms. The molecule has 0 bridgehead atoms. The molecule has 0 saturated carbocycles. The summed E-state index contributed by atoms with van der Waals surface area (Å²) in [6, 6.07) is 13.1. The van der Waals surface area contributed by atoms with Crippen molar-refractivity contribution in [2.24, 2.45) is 10.1 Å². The van der Waals surface area contributed by atoms with Gasteiger partial charge in [0.05, 0.1) is 19.0 Å². The molecule has 0 atom stereocenters. The highest BCUT2D eigenvalue weighted by atomic mass is 79.9. The van der Waals surface area contributed by atoms with E-state index in [9.17, 15) is 5.11 Å². The van der Waals surface area contributed by atoms with Crippen LogP contribution in [0.25, 0.3) is 11.3 Å². The molecular formula is C18H16BrN3O2S. The average molecular weight is 418 g/mol. The molecule has 5 nitrogen and oxygen atoms in total. The van der Waals surface area contributed by atoms with Gasteiger partial charge in [0.2, 0.25) is 4.80 Å². The van der Waals surface area contributed by atoms with Crippen molar-refractivity contribution in [1.82, 2.24) is 4.68 Å². The van der Waals surface area contributed by atoms with E-state index in [1.807, 2.05) is 29.6 Å². The molecule has 3 aromatic rings. The number of hydrogen-bond donors (Lipinski definition) is 1. The van der Waals surface area contributed by atoms with E-state index in [1.54, 1.807) is 36.1 Å². The molecule has 1 aromatic heterocycles. The Morgan fingerprint density at radius 2 is 1.96 bits per heavy atom. The second kappa shape index (κ2) is 7.67. The maximum atomic E-state index is 9.69. The maximum Gasteiger partial charge on any atom is 0.205 e. The van der Waals surface area contributed by atoms with E-state index in [0.29, 0.717) is 5.75 Å². The van der Waals surface area contributed by atoms with Gasteiger partial charge >= 0.3 is 0 Å². The van der Waals surface area contributed by atoms with Crippen molar-refractivity contribution in [1.29, 1.82) is 0 Å². The van der Waals surface area contributed by atoms with Crippen molar-refractivity contribution >= 4 is 33.5 Å². The molecule has 0 aliphatic heterocycles. The molecular weight excluding hydrogens is 402 g/mol. The first-order chi connectivity index (χ1) is 12.1. The summed E-state index contributed by atoms with van der Waals surface area (Å²) in [5.74, 6) is 0.510. The summed E-state index contributed by atoms with van der Waals surface area (Å²) in [7, 11) is 3.26. The number of benzene rings is 2. The Labute approximate surface area is 157 Å². The van der Waals surface area contributed by atoms with Crippen molar-refractivity contribution in [2.45, 2.75) is 0 Å². The van der Waals surface area contributed by atoms with E-state index < -0.39 is 0 Å². The molecule has 0 unspecified atom stereocenters. The number of phenols is 1. The Hall–Kier alpha value is -2.38. The smallest absolute Gasteiger partial charge is 0.205 e. The molecule has 128 valence electrons. The Morgan fingerprint density at radius 1 is 1.20 bits per heavy atom. The monoisotopic (exact) mass is 417 g/mol. The zero-order valence-corrected chi connectivity index (χ0v) is 16.1. The van der Waals surface area contributed by atoms with Crippen LogP contribution in [0.1, 0.15) is 5.56 Å². The lowest BCUT2D eigenvalue weighted by Crippen LogP contribution is -2.11. The molecule has 25 heavy (non-hydrogen) atoms. The van der Waals surface area contributed by atoms with Gasteiger partial charge in [-0.2, -0.15) is 5.10 Å². The van der Waals surface area contributed by atoms with Gasteiger partial charge in [0.25, 0.3) is 0 Å². The van der Waals surface area contributed by atoms with E-state index in [1.165, 1.54) is 18.4 Å². The maximum absolute atomic E-state index is 9.69. The number of halogens is 1. The molecule has 0 aliphatic carbocycles. The van der Waals surface area contributed by atoms with E-state index >= 15 is 0 Å². The number of aromatic hydroxyl groups is 1. The van der Waals surface area contributed by atoms with Crippen LogP contribution in [0.3, 0.4) is 0 Å². The van der Waals surface area contributed by atoms with Gasteiger partial charge in [-0.05, 0) is 35.9 Å². The quantitative estimate of drug-likeness (QED) is 0.649. The highest BCUT2D eigenvalue weighted by Crippen LogP contribution is 2.26. The summed E-state index contributed by atoms with van der Waals surface area (Å²) in [4.78, 5) is 5.08. The van der Waals surface area contributed by atoms with Gasteiger partial charge in [-0.25, -0.2) is 4.68 Å². The minimum atomic E-state index is 0.0997. The molecule has 1 N–H and O–H groups in total. The van der Waals surface area contributed by atoms with Gasteiger partial charge in [-0.3, -0.25) is 4.99 Å². The summed E-state index contributed by atoms with van der Waals surface area (Å²) in [6.07, 6.45) is 1.71. The SMILES string of the molecule is CN=c1scc(-c2ccc(Br)cc2)n1N=Cc1ccc(O)c(OC)c1. The molecule has 0 aliphatic rings. The van der Waals surface area contributed by atoms with Gasteiger partial charge in [0.15, 0.2) is 11.5 Å². The first-order valence-corrected chi connectivity index (χ1v) is 9.10. The van der Waals surface area contributed by atoms with E-state index in [0.717, 1.165) is 26.1 Å². The van der Waals surface area contributed by atoms with Crippen LogP contribution in [0.2, 0.25) is 0 Å². The normalized spacial score (nSPS) is 12.0. The van der Waals surface area contributed by atoms with Crippen LogP contribution in [0.5, 0.6) is 11.5 Å². The number of nitrogens with zero attached hydrogens (tertiary/aromatic N) is 3. The van der Waals surface area contributed by atoms with E-state index in [2.05, 4.69) is 26.0 Å². The minimum absolute atomic E-state index is 0.0997. The summed E-state index contributed by atoms with van der Waals surface area (Å²) < 4.78 is 7.96. The minimum Gasteiger partial charge on any atom is -0.504 e. The number of thiazole rings is 1. The lowest BCUT2D eigenvalue weighted by Gasteiger charge is -2.05. The molecule has 0 fully saturated rings. The predicted octanol–water partition coefficient (Wildman–Crippen LogP) is 4.11. The van der Waals surface area contributed by atoms with E-state index in [4.69, 9.17) is 4.74 Å². The number of hydrogen-bond acceptors (Lipinski definition) is 5. The zero-order valence-electron chi connectivity index (χ0n) is 13.7. The number of phenolic OH excluding ortho intramolecular Hbond substituents is 1. The van der Waals surface area contributed by atoms with Crippen LogP contribution in [-0.4, -0.2) is 30.2 Å². The van der Waals surface area contributed by atoms with Gasteiger partial charge in [0.1, 0.15) is 0 Å². The predicted molar refractivity (Wildman–Crippen MR) is 105 cm³/mol.